The Bertz CT molecular complexity index is 1490. The minimum absolute atomic E-state index is 0.155. The van der Waals surface area contributed by atoms with Crippen LogP contribution in [0.4, 0.5) is 0 Å². The zero-order valence-corrected chi connectivity index (χ0v) is 19.4. The second-order valence-electron chi connectivity index (χ2n) is 8.62. The molecule has 1 aromatic carbocycles. The second-order valence-corrected chi connectivity index (χ2v) is 8.62. The van der Waals surface area contributed by atoms with E-state index in [1.54, 1.807) is 11.1 Å². The number of rotatable bonds is 6. The van der Waals surface area contributed by atoms with Crippen molar-refractivity contribution in [3.05, 3.63) is 60.3 Å². The highest BCUT2D eigenvalue weighted by Gasteiger charge is 2.26. The quantitative estimate of drug-likeness (QED) is 0.426. The van der Waals surface area contributed by atoms with Gasteiger partial charge in [-0.05, 0) is 24.3 Å². The number of carbonyl (C=O) groups is 1. The normalized spacial score (nSPS) is 14.9. The van der Waals surface area contributed by atoms with Gasteiger partial charge in [0.15, 0.2) is 0 Å². The van der Waals surface area contributed by atoms with Gasteiger partial charge in [0.1, 0.15) is 17.7 Å². The van der Waals surface area contributed by atoms with Crippen molar-refractivity contribution in [2.45, 2.75) is 12.5 Å². The van der Waals surface area contributed by atoms with Crippen LogP contribution < -0.4 is 0 Å². The fourth-order valence-corrected chi connectivity index (χ4v) is 4.49. The molecule has 11 heteroatoms. The molecule has 3 aromatic heterocycles. The van der Waals surface area contributed by atoms with Crippen LogP contribution in [0.1, 0.15) is 28.4 Å². The number of amides is 1. The van der Waals surface area contributed by atoms with Gasteiger partial charge in [0.05, 0.1) is 47.6 Å². The van der Waals surface area contributed by atoms with Gasteiger partial charge in [-0.2, -0.15) is 15.6 Å². The molecule has 1 unspecified atom stereocenters. The van der Waals surface area contributed by atoms with E-state index in [2.05, 4.69) is 31.0 Å². The molecule has 0 radical (unpaired) electrons. The SMILES string of the molecule is N#CCC(CN1CCN(C(=O)c2ccc(C#N)cc2O)CC1)n1cc(-c2ncnc3[nH]ccc23)cn1. The smallest absolute Gasteiger partial charge is 0.257 e. The molecular weight excluding hydrogens is 458 g/mol. The van der Waals surface area contributed by atoms with Gasteiger partial charge < -0.3 is 15.0 Å². The Hall–Kier alpha value is -4.74. The number of hydrogen-bond donors (Lipinski definition) is 2. The Balaban J connectivity index is 1.25. The van der Waals surface area contributed by atoms with Crippen molar-refractivity contribution in [1.29, 1.82) is 10.5 Å². The van der Waals surface area contributed by atoms with Gasteiger partial charge in [-0.25, -0.2) is 9.97 Å². The van der Waals surface area contributed by atoms with Crippen LogP contribution in [0.15, 0.2) is 49.2 Å². The Morgan fingerprint density at radius 1 is 1.17 bits per heavy atom. The van der Waals surface area contributed by atoms with Crippen molar-refractivity contribution in [2.24, 2.45) is 0 Å². The summed E-state index contributed by atoms with van der Waals surface area (Å²) in [5.74, 6) is -0.450. The molecule has 4 heterocycles. The zero-order valence-electron chi connectivity index (χ0n) is 19.4. The topological polar surface area (TPSA) is 151 Å². The molecule has 1 aliphatic rings. The van der Waals surface area contributed by atoms with Crippen molar-refractivity contribution in [3.63, 3.8) is 0 Å². The number of phenolic OH excluding ortho intramolecular Hbond substituents is 1. The van der Waals surface area contributed by atoms with Crippen molar-refractivity contribution in [1.82, 2.24) is 34.5 Å². The Kier molecular flexibility index (Phi) is 6.31. The number of hydrogen-bond acceptors (Lipinski definition) is 8. The number of aromatic nitrogens is 5. The number of nitriles is 2. The number of carbonyl (C=O) groups excluding carboxylic acids is 1. The van der Waals surface area contributed by atoms with Crippen LogP contribution in [0.3, 0.4) is 0 Å². The summed E-state index contributed by atoms with van der Waals surface area (Å²) >= 11 is 0. The molecule has 1 amide bonds. The molecule has 4 aromatic rings. The molecule has 1 fully saturated rings. The van der Waals surface area contributed by atoms with Gasteiger partial charge in [-0.3, -0.25) is 14.4 Å². The van der Waals surface area contributed by atoms with Crippen LogP contribution in [-0.4, -0.2) is 78.3 Å². The number of aromatic hydroxyl groups is 1. The third kappa shape index (κ3) is 4.48. The number of nitrogens with zero attached hydrogens (tertiary/aromatic N) is 8. The van der Waals surface area contributed by atoms with Crippen LogP contribution in [0.5, 0.6) is 5.75 Å². The van der Waals surface area contributed by atoms with E-state index < -0.39 is 0 Å². The largest absolute Gasteiger partial charge is 0.507 e. The summed E-state index contributed by atoms with van der Waals surface area (Å²) in [6, 6.07) is 10.3. The molecule has 1 aliphatic heterocycles. The van der Waals surface area contributed by atoms with Crippen molar-refractivity contribution < 1.29 is 9.90 Å². The average molecular weight is 482 g/mol. The van der Waals surface area contributed by atoms with E-state index in [4.69, 9.17) is 5.26 Å². The molecule has 0 spiro atoms. The molecule has 11 nitrogen and oxygen atoms in total. The zero-order chi connectivity index (χ0) is 25.1. The van der Waals surface area contributed by atoms with Gasteiger partial charge in [-0.1, -0.05) is 0 Å². The fraction of sp³-hybridized carbons (Fsp3) is 0.280. The number of aromatic amines is 1. The lowest BCUT2D eigenvalue weighted by atomic mass is 10.1. The lowest BCUT2D eigenvalue weighted by Gasteiger charge is -2.36. The second kappa shape index (κ2) is 9.86. The average Bonchev–Trinajstić information content (AvgIpc) is 3.58. The predicted octanol–water partition coefficient (Wildman–Crippen LogP) is 2.31. The molecular formula is C25H23N9O2. The molecule has 2 N–H and O–H groups in total. The van der Waals surface area contributed by atoms with Crippen molar-refractivity contribution in [2.75, 3.05) is 32.7 Å². The summed E-state index contributed by atoms with van der Waals surface area (Å²) < 4.78 is 1.81. The first-order valence-corrected chi connectivity index (χ1v) is 11.5. The van der Waals surface area contributed by atoms with Gasteiger partial charge in [-0.15, -0.1) is 0 Å². The molecule has 1 atom stereocenters. The maximum Gasteiger partial charge on any atom is 0.257 e. The van der Waals surface area contributed by atoms with Gasteiger partial charge >= 0.3 is 0 Å². The van der Waals surface area contributed by atoms with Gasteiger partial charge in [0.2, 0.25) is 0 Å². The van der Waals surface area contributed by atoms with E-state index in [-0.39, 0.29) is 23.3 Å². The predicted molar refractivity (Wildman–Crippen MR) is 130 cm³/mol. The first kappa shape index (κ1) is 23.0. The highest BCUT2D eigenvalue weighted by Crippen LogP contribution is 2.26. The summed E-state index contributed by atoms with van der Waals surface area (Å²) in [5, 5.41) is 34.0. The molecule has 36 heavy (non-hydrogen) atoms. The number of phenols is 1. The molecule has 0 saturated carbocycles. The summed E-state index contributed by atoms with van der Waals surface area (Å²) in [4.78, 5) is 28.5. The highest BCUT2D eigenvalue weighted by atomic mass is 16.3. The maximum atomic E-state index is 12.9. The summed E-state index contributed by atoms with van der Waals surface area (Å²) in [6.45, 7) is 2.87. The van der Waals surface area contributed by atoms with Crippen LogP contribution >= 0.6 is 0 Å². The molecule has 1 saturated heterocycles. The highest BCUT2D eigenvalue weighted by molar-refractivity contribution is 5.97. The van der Waals surface area contributed by atoms with Crippen LogP contribution in [0.25, 0.3) is 22.3 Å². The molecule has 0 bridgehead atoms. The third-order valence-corrected chi connectivity index (χ3v) is 6.42. The summed E-state index contributed by atoms with van der Waals surface area (Å²) in [7, 11) is 0. The number of piperazine rings is 1. The standard InChI is InChI=1S/C25H23N9O2/c26-5-3-19(34-14-18(13-31-34)23-21-4-6-28-24(21)30-16-29-23)15-32-7-9-33(10-8-32)25(36)20-2-1-17(12-27)11-22(20)35/h1-2,4,6,11,13-14,16,19,35H,3,7-10,15H2,(H,28,29,30). The van der Waals surface area contributed by atoms with Gasteiger partial charge in [0.25, 0.3) is 5.91 Å². The maximum absolute atomic E-state index is 12.9. The van der Waals surface area contributed by atoms with E-state index in [0.29, 0.717) is 44.7 Å². The number of nitrogens with one attached hydrogen (secondary N) is 1. The molecule has 180 valence electrons. The first-order chi connectivity index (χ1) is 17.6. The number of H-pyrrole nitrogens is 1. The third-order valence-electron chi connectivity index (χ3n) is 6.42. The first-order valence-electron chi connectivity index (χ1n) is 11.5. The van der Waals surface area contributed by atoms with Crippen molar-refractivity contribution >= 4 is 16.9 Å². The minimum atomic E-state index is -0.261. The fourth-order valence-electron chi connectivity index (χ4n) is 4.49. The lowest BCUT2D eigenvalue weighted by molar-refractivity contribution is 0.0614. The van der Waals surface area contributed by atoms with E-state index in [1.165, 1.54) is 24.5 Å². The molecule has 0 aliphatic carbocycles. The Morgan fingerprint density at radius 3 is 2.75 bits per heavy atom. The van der Waals surface area contributed by atoms with Crippen LogP contribution in [0, 0.1) is 22.7 Å². The molecule has 5 rings (SSSR count). The number of fused-ring (bicyclic) bond motifs is 1. The Labute approximate surface area is 206 Å². The monoisotopic (exact) mass is 481 g/mol. The minimum Gasteiger partial charge on any atom is -0.507 e. The van der Waals surface area contributed by atoms with E-state index in [9.17, 15) is 15.2 Å². The summed E-state index contributed by atoms with van der Waals surface area (Å²) in [6.07, 6.45) is 7.28. The Morgan fingerprint density at radius 2 is 2.00 bits per heavy atom. The van der Waals surface area contributed by atoms with E-state index >= 15 is 0 Å². The van der Waals surface area contributed by atoms with Crippen molar-refractivity contribution in [3.8, 4) is 29.1 Å². The van der Waals surface area contributed by atoms with Crippen LogP contribution in [0.2, 0.25) is 0 Å². The number of benzene rings is 1. The summed E-state index contributed by atoms with van der Waals surface area (Å²) in [5.41, 5.74) is 2.87. The van der Waals surface area contributed by atoms with E-state index in [0.717, 1.165) is 22.3 Å². The van der Waals surface area contributed by atoms with E-state index in [1.807, 2.05) is 29.2 Å². The van der Waals surface area contributed by atoms with Crippen LogP contribution in [-0.2, 0) is 0 Å². The van der Waals surface area contributed by atoms with Gasteiger partial charge in [0, 0.05) is 56.1 Å². The lowest BCUT2D eigenvalue weighted by Crippen LogP contribution is -2.50.